The van der Waals surface area contributed by atoms with Crippen LogP contribution in [0.15, 0.2) is 34.3 Å². The summed E-state index contributed by atoms with van der Waals surface area (Å²) in [5, 5.41) is 0.800. The molecule has 0 spiro atoms. The summed E-state index contributed by atoms with van der Waals surface area (Å²) in [5.74, 6) is 0. The molecule has 0 fully saturated rings. The van der Waals surface area contributed by atoms with E-state index in [-0.39, 0.29) is 6.04 Å². The van der Waals surface area contributed by atoms with Crippen LogP contribution < -0.4 is 5.73 Å². The van der Waals surface area contributed by atoms with E-state index in [0.717, 1.165) is 32.6 Å². The Bertz CT molecular complexity index is 553. The van der Waals surface area contributed by atoms with Crippen molar-refractivity contribution < 1.29 is 0 Å². The van der Waals surface area contributed by atoms with Crippen molar-refractivity contribution in [1.82, 2.24) is 9.97 Å². The number of nitrogens with two attached hydrogens (primary N) is 1. The van der Waals surface area contributed by atoms with Gasteiger partial charge >= 0.3 is 0 Å². The first kappa shape index (κ1) is 14.0. The van der Waals surface area contributed by atoms with Crippen molar-refractivity contribution in [2.75, 3.05) is 0 Å². The van der Waals surface area contributed by atoms with Crippen molar-refractivity contribution in [1.29, 1.82) is 0 Å². The van der Waals surface area contributed by atoms with Crippen molar-refractivity contribution in [3.63, 3.8) is 0 Å². The maximum Gasteiger partial charge on any atom is 0.192 e. The molecule has 2 rings (SSSR count). The smallest absolute Gasteiger partial charge is 0.192 e. The number of aryl methyl sites for hydroxylation is 2. The SMILES string of the molecule is Cc1nc(Sc2ccc([C@H](C)N)cc2)nc(C)c1C. The molecule has 0 amide bonds. The molecule has 0 aliphatic carbocycles. The first-order valence-corrected chi connectivity index (χ1v) is 7.14. The van der Waals surface area contributed by atoms with Crippen LogP contribution in [0.4, 0.5) is 0 Å². The molecule has 1 heterocycles. The number of benzene rings is 1. The summed E-state index contributed by atoms with van der Waals surface area (Å²) in [6.07, 6.45) is 0. The highest BCUT2D eigenvalue weighted by molar-refractivity contribution is 7.99. The monoisotopic (exact) mass is 273 g/mol. The summed E-state index contributed by atoms with van der Waals surface area (Å²) >= 11 is 1.58. The first-order chi connectivity index (χ1) is 8.97. The maximum absolute atomic E-state index is 5.84. The number of aromatic nitrogens is 2. The Morgan fingerprint density at radius 1 is 1.00 bits per heavy atom. The minimum Gasteiger partial charge on any atom is -0.324 e. The lowest BCUT2D eigenvalue weighted by molar-refractivity contribution is 0.816. The number of hydrogen-bond donors (Lipinski definition) is 1. The maximum atomic E-state index is 5.84. The fourth-order valence-corrected chi connectivity index (χ4v) is 2.58. The molecule has 100 valence electrons. The van der Waals surface area contributed by atoms with E-state index in [1.807, 2.05) is 20.8 Å². The lowest BCUT2D eigenvalue weighted by atomic mass is 10.1. The number of nitrogens with zero attached hydrogens (tertiary/aromatic N) is 2. The van der Waals surface area contributed by atoms with Gasteiger partial charge in [0.15, 0.2) is 5.16 Å². The van der Waals surface area contributed by atoms with Crippen LogP contribution >= 0.6 is 11.8 Å². The van der Waals surface area contributed by atoms with Crippen LogP contribution in [0, 0.1) is 20.8 Å². The first-order valence-electron chi connectivity index (χ1n) is 6.32. The molecule has 2 aromatic rings. The zero-order valence-electron chi connectivity index (χ0n) is 11.8. The molecule has 0 aliphatic rings. The van der Waals surface area contributed by atoms with Gasteiger partial charge in [-0.1, -0.05) is 12.1 Å². The molecule has 0 radical (unpaired) electrons. The molecule has 1 aromatic carbocycles. The Kier molecular flexibility index (Phi) is 4.22. The van der Waals surface area contributed by atoms with Gasteiger partial charge in [0.2, 0.25) is 0 Å². The number of hydrogen-bond acceptors (Lipinski definition) is 4. The summed E-state index contributed by atoms with van der Waals surface area (Å²) in [5.41, 5.74) is 10.2. The van der Waals surface area contributed by atoms with E-state index in [2.05, 4.69) is 41.2 Å². The molecule has 0 saturated carbocycles. The van der Waals surface area contributed by atoms with Gasteiger partial charge in [0.25, 0.3) is 0 Å². The van der Waals surface area contributed by atoms with Crippen molar-refractivity contribution in [3.8, 4) is 0 Å². The molecule has 0 aliphatic heterocycles. The predicted octanol–water partition coefficient (Wildman–Crippen LogP) is 3.57. The molecule has 0 bridgehead atoms. The summed E-state index contributed by atoms with van der Waals surface area (Å²) in [7, 11) is 0. The summed E-state index contributed by atoms with van der Waals surface area (Å²) in [6.45, 7) is 8.08. The fourth-order valence-electron chi connectivity index (χ4n) is 1.73. The minimum atomic E-state index is 0.0687. The topological polar surface area (TPSA) is 51.8 Å². The average molecular weight is 273 g/mol. The third kappa shape index (κ3) is 3.33. The molecule has 0 unspecified atom stereocenters. The summed E-state index contributed by atoms with van der Waals surface area (Å²) in [4.78, 5) is 10.2. The molecular formula is C15H19N3S. The van der Waals surface area contributed by atoms with E-state index in [4.69, 9.17) is 5.73 Å². The molecule has 1 atom stereocenters. The highest BCUT2D eigenvalue weighted by Gasteiger charge is 2.07. The normalized spacial score (nSPS) is 12.5. The van der Waals surface area contributed by atoms with Gasteiger partial charge in [-0.25, -0.2) is 9.97 Å². The van der Waals surface area contributed by atoms with Crippen molar-refractivity contribution in [2.24, 2.45) is 5.73 Å². The van der Waals surface area contributed by atoms with Crippen molar-refractivity contribution >= 4 is 11.8 Å². The van der Waals surface area contributed by atoms with Gasteiger partial charge in [0.05, 0.1) is 0 Å². The third-order valence-electron chi connectivity index (χ3n) is 3.23. The van der Waals surface area contributed by atoms with Gasteiger partial charge in [0, 0.05) is 22.3 Å². The minimum absolute atomic E-state index is 0.0687. The van der Waals surface area contributed by atoms with Crippen LogP contribution in [0.2, 0.25) is 0 Å². The van der Waals surface area contributed by atoms with E-state index in [0.29, 0.717) is 0 Å². The quantitative estimate of drug-likeness (QED) is 0.869. The van der Waals surface area contributed by atoms with E-state index in [1.54, 1.807) is 11.8 Å². The fraction of sp³-hybridized carbons (Fsp3) is 0.333. The Labute approximate surface area is 118 Å². The van der Waals surface area contributed by atoms with E-state index < -0.39 is 0 Å². The molecule has 19 heavy (non-hydrogen) atoms. The van der Waals surface area contributed by atoms with Crippen LogP contribution in [0.25, 0.3) is 0 Å². The Morgan fingerprint density at radius 3 is 2.00 bits per heavy atom. The Morgan fingerprint density at radius 2 is 1.53 bits per heavy atom. The number of rotatable bonds is 3. The van der Waals surface area contributed by atoms with Gasteiger partial charge in [-0.3, -0.25) is 0 Å². The Hall–Kier alpha value is -1.39. The zero-order valence-corrected chi connectivity index (χ0v) is 12.6. The second kappa shape index (κ2) is 5.72. The highest BCUT2D eigenvalue weighted by Crippen LogP contribution is 2.26. The molecule has 4 heteroatoms. The van der Waals surface area contributed by atoms with Crippen LogP contribution in [0.1, 0.15) is 35.5 Å². The van der Waals surface area contributed by atoms with Crippen molar-refractivity contribution in [2.45, 2.75) is 43.8 Å². The van der Waals surface area contributed by atoms with Gasteiger partial charge in [0.1, 0.15) is 0 Å². The zero-order chi connectivity index (χ0) is 14.0. The molecular weight excluding hydrogens is 254 g/mol. The standard InChI is InChI=1S/C15H19N3S/c1-9-11(3)17-15(18-12(9)4)19-14-7-5-13(6-8-14)10(2)16/h5-8,10H,16H2,1-4H3/t10-/m0/s1. The summed E-state index contributed by atoms with van der Waals surface area (Å²) in [6, 6.07) is 8.31. The average Bonchev–Trinajstić information content (AvgIpc) is 2.36. The molecule has 0 saturated heterocycles. The summed E-state index contributed by atoms with van der Waals surface area (Å²) < 4.78 is 0. The van der Waals surface area contributed by atoms with E-state index >= 15 is 0 Å². The third-order valence-corrected chi connectivity index (χ3v) is 4.10. The van der Waals surface area contributed by atoms with Gasteiger partial charge < -0.3 is 5.73 Å². The van der Waals surface area contributed by atoms with Crippen LogP contribution in [-0.2, 0) is 0 Å². The van der Waals surface area contributed by atoms with Crippen LogP contribution in [0.5, 0.6) is 0 Å². The lowest BCUT2D eigenvalue weighted by Gasteiger charge is -2.08. The second-order valence-corrected chi connectivity index (χ2v) is 5.80. The van der Waals surface area contributed by atoms with E-state index in [1.165, 1.54) is 0 Å². The lowest BCUT2D eigenvalue weighted by Crippen LogP contribution is -2.04. The largest absolute Gasteiger partial charge is 0.324 e. The van der Waals surface area contributed by atoms with Gasteiger partial charge in [-0.2, -0.15) is 0 Å². The van der Waals surface area contributed by atoms with Crippen LogP contribution in [-0.4, -0.2) is 9.97 Å². The van der Waals surface area contributed by atoms with Gasteiger partial charge in [-0.05, 0) is 62.7 Å². The van der Waals surface area contributed by atoms with E-state index in [9.17, 15) is 0 Å². The predicted molar refractivity (Wildman–Crippen MR) is 79.4 cm³/mol. The van der Waals surface area contributed by atoms with Crippen molar-refractivity contribution in [3.05, 3.63) is 46.8 Å². The molecule has 3 nitrogen and oxygen atoms in total. The van der Waals surface area contributed by atoms with Crippen LogP contribution in [0.3, 0.4) is 0 Å². The van der Waals surface area contributed by atoms with Gasteiger partial charge in [-0.15, -0.1) is 0 Å². The molecule has 2 N–H and O–H groups in total. The highest BCUT2D eigenvalue weighted by atomic mass is 32.2. The second-order valence-electron chi connectivity index (χ2n) is 4.76. The Balaban J connectivity index is 2.21. The molecule has 1 aromatic heterocycles.